The van der Waals surface area contributed by atoms with Crippen LogP contribution in [0.15, 0.2) is 36.4 Å². The Balaban J connectivity index is 1.88. The third-order valence-corrected chi connectivity index (χ3v) is 7.94. The second-order valence-electron chi connectivity index (χ2n) is 7.22. The number of unbranched alkanes of at least 4 members (excludes halogenated alkanes) is 2. The van der Waals surface area contributed by atoms with Crippen molar-refractivity contribution < 1.29 is 13.2 Å². The molecule has 3 rings (SSSR count). The van der Waals surface area contributed by atoms with Crippen LogP contribution in [0.25, 0.3) is 10.1 Å². The van der Waals surface area contributed by atoms with Crippen molar-refractivity contribution in [2.45, 2.75) is 39.5 Å². The van der Waals surface area contributed by atoms with Gasteiger partial charge in [-0.05, 0) is 60.2 Å². The largest absolute Gasteiger partial charge is 0.268 e. The van der Waals surface area contributed by atoms with Crippen molar-refractivity contribution in [3.05, 3.63) is 68.0 Å². The summed E-state index contributed by atoms with van der Waals surface area (Å²) in [6, 6.07) is 10.7. The number of aryl methyl sites for hydroxylation is 1. The zero-order valence-corrected chi connectivity index (χ0v) is 19.9. The highest BCUT2D eigenvalue weighted by Gasteiger charge is 2.18. The van der Waals surface area contributed by atoms with Gasteiger partial charge in [0.2, 0.25) is 10.0 Å². The summed E-state index contributed by atoms with van der Waals surface area (Å²) in [5.74, 6) is -0.653. The Morgan fingerprint density at radius 2 is 1.87 bits per heavy atom. The van der Waals surface area contributed by atoms with Crippen molar-refractivity contribution in [1.82, 2.24) is 4.72 Å². The number of fused-ring (bicyclic) bond motifs is 1. The van der Waals surface area contributed by atoms with Gasteiger partial charge in [-0.15, -0.1) is 11.3 Å². The molecule has 0 aliphatic rings. The van der Waals surface area contributed by atoms with E-state index in [2.05, 4.69) is 4.72 Å². The lowest BCUT2D eigenvalue weighted by Gasteiger charge is -2.08. The quantitative estimate of drug-likeness (QED) is 0.379. The van der Waals surface area contributed by atoms with E-state index < -0.39 is 15.9 Å². The normalized spacial score (nSPS) is 11.7. The van der Waals surface area contributed by atoms with E-state index in [1.807, 2.05) is 26.0 Å². The highest BCUT2D eigenvalue weighted by Crippen LogP contribution is 2.34. The average molecular weight is 484 g/mol. The number of carbonyl (C=O) groups is 1. The lowest BCUT2D eigenvalue weighted by atomic mass is 10.0. The molecule has 0 atom stereocenters. The Hall–Kier alpha value is -1.60. The summed E-state index contributed by atoms with van der Waals surface area (Å²) in [6.45, 7) is 4.03. The van der Waals surface area contributed by atoms with Crippen molar-refractivity contribution in [3.63, 3.8) is 0 Å². The number of halogens is 2. The summed E-state index contributed by atoms with van der Waals surface area (Å²) in [4.78, 5) is 13.7. The first-order valence-corrected chi connectivity index (χ1v) is 12.9. The van der Waals surface area contributed by atoms with E-state index in [1.165, 1.54) is 0 Å². The van der Waals surface area contributed by atoms with Crippen molar-refractivity contribution in [3.8, 4) is 0 Å². The SMILES string of the molecule is CCCCCS(=O)(=O)NC(=O)c1ccc2sc(C)c(Cc3ccc(Cl)cc3Cl)c2c1. The molecule has 0 fully saturated rings. The van der Waals surface area contributed by atoms with E-state index in [4.69, 9.17) is 23.2 Å². The van der Waals surface area contributed by atoms with E-state index >= 15 is 0 Å². The van der Waals surface area contributed by atoms with Crippen LogP contribution in [0.2, 0.25) is 10.0 Å². The Morgan fingerprint density at radius 1 is 1.10 bits per heavy atom. The fourth-order valence-electron chi connectivity index (χ4n) is 3.28. The molecular weight excluding hydrogens is 461 g/mol. The van der Waals surface area contributed by atoms with Crippen LogP contribution in [0.4, 0.5) is 0 Å². The van der Waals surface area contributed by atoms with Crippen LogP contribution in [0, 0.1) is 6.92 Å². The predicted molar refractivity (Wildman–Crippen MR) is 127 cm³/mol. The zero-order valence-electron chi connectivity index (χ0n) is 16.8. The first-order chi connectivity index (χ1) is 14.2. The van der Waals surface area contributed by atoms with Crippen LogP contribution in [0.5, 0.6) is 0 Å². The van der Waals surface area contributed by atoms with E-state index in [-0.39, 0.29) is 5.75 Å². The van der Waals surface area contributed by atoms with Crippen LogP contribution in [0.3, 0.4) is 0 Å². The number of nitrogens with one attached hydrogen (secondary N) is 1. The number of hydrogen-bond donors (Lipinski definition) is 1. The molecule has 1 N–H and O–H groups in total. The zero-order chi connectivity index (χ0) is 21.9. The van der Waals surface area contributed by atoms with Gasteiger partial charge < -0.3 is 0 Å². The number of sulfonamides is 1. The van der Waals surface area contributed by atoms with Gasteiger partial charge in [0.15, 0.2) is 0 Å². The van der Waals surface area contributed by atoms with Crippen LogP contribution in [-0.2, 0) is 16.4 Å². The summed E-state index contributed by atoms with van der Waals surface area (Å²) in [5, 5.41) is 2.10. The molecule has 8 heteroatoms. The predicted octanol–water partition coefficient (Wildman–Crippen LogP) is 6.36. The molecule has 0 radical (unpaired) electrons. The molecule has 2 aromatic carbocycles. The van der Waals surface area contributed by atoms with Gasteiger partial charge in [-0.3, -0.25) is 4.79 Å². The maximum atomic E-state index is 12.6. The smallest absolute Gasteiger partial charge is 0.264 e. The van der Waals surface area contributed by atoms with Gasteiger partial charge >= 0.3 is 0 Å². The molecule has 0 aliphatic heterocycles. The minimum Gasteiger partial charge on any atom is -0.268 e. The van der Waals surface area contributed by atoms with Gasteiger partial charge in [-0.25, -0.2) is 13.1 Å². The maximum Gasteiger partial charge on any atom is 0.264 e. The second kappa shape index (κ2) is 9.69. The van der Waals surface area contributed by atoms with Gasteiger partial charge in [0.25, 0.3) is 5.91 Å². The van der Waals surface area contributed by atoms with Gasteiger partial charge in [-0.1, -0.05) is 49.0 Å². The van der Waals surface area contributed by atoms with Crippen LogP contribution in [0.1, 0.15) is 52.5 Å². The summed E-state index contributed by atoms with van der Waals surface area (Å²) in [6.07, 6.45) is 2.86. The molecule has 30 heavy (non-hydrogen) atoms. The molecule has 1 aromatic heterocycles. The van der Waals surface area contributed by atoms with Crippen LogP contribution < -0.4 is 4.72 Å². The molecule has 3 aromatic rings. The van der Waals surface area contributed by atoms with Crippen LogP contribution in [-0.4, -0.2) is 20.1 Å². The highest BCUT2D eigenvalue weighted by molar-refractivity contribution is 7.90. The first-order valence-electron chi connectivity index (χ1n) is 9.71. The van der Waals surface area contributed by atoms with Gasteiger partial charge in [0.1, 0.15) is 0 Å². The molecular formula is C22H23Cl2NO3S2. The van der Waals surface area contributed by atoms with Crippen molar-refractivity contribution in [2.75, 3.05) is 5.75 Å². The molecule has 4 nitrogen and oxygen atoms in total. The van der Waals surface area contributed by atoms with Crippen molar-refractivity contribution >= 4 is 60.6 Å². The Bertz CT molecular complexity index is 1190. The number of benzene rings is 2. The van der Waals surface area contributed by atoms with Gasteiger partial charge in [-0.2, -0.15) is 0 Å². The summed E-state index contributed by atoms with van der Waals surface area (Å²) >= 11 is 14.0. The van der Waals surface area contributed by atoms with E-state index in [0.717, 1.165) is 38.9 Å². The summed E-state index contributed by atoms with van der Waals surface area (Å²) in [7, 11) is -3.64. The molecule has 1 heterocycles. The second-order valence-corrected chi connectivity index (χ2v) is 11.2. The Morgan fingerprint density at radius 3 is 2.57 bits per heavy atom. The molecule has 160 valence electrons. The van der Waals surface area contributed by atoms with Crippen molar-refractivity contribution in [1.29, 1.82) is 0 Å². The van der Waals surface area contributed by atoms with Crippen LogP contribution >= 0.6 is 34.5 Å². The standard InChI is InChI=1S/C22H23Cl2NO3S2/c1-3-4-5-10-30(27,28)25-22(26)16-7-9-21-19(12-16)18(14(2)29-21)11-15-6-8-17(23)13-20(15)24/h6-9,12-13H,3-5,10-11H2,1-2H3,(H,25,26). The average Bonchev–Trinajstić information content (AvgIpc) is 2.98. The van der Waals surface area contributed by atoms with E-state index in [9.17, 15) is 13.2 Å². The molecule has 0 spiro atoms. The van der Waals surface area contributed by atoms with Crippen molar-refractivity contribution in [2.24, 2.45) is 0 Å². The number of carbonyl (C=O) groups excluding carboxylic acids is 1. The third kappa shape index (κ3) is 5.55. The fraction of sp³-hybridized carbons (Fsp3) is 0.318. The number of rotatable bonds is 8. The summed E-state index contributed by atoms with van der Waals surface area (Å²) < 4.78 is 27.6. The third-order valence-electron chi connectivity index (χ3n) is 4.90. The Kier molecular flexibility index (Phi) is 7.45. The van der Waals surface area contributed by atoms with E-state index in [1.54, 1.807) is 35.6 Å². The molecule has 0 bridgehead atoms. The lowest BCUT2D eigenvalue weighted by molar-refractivity contribution is 0.0981. The molecule has 0 unspecified atom stereocenters. The highest BCUT2D eigenvalue weighted by atomic mass is 35.5. The van der Waals surface area contributed by atoms with Gasteiger partial charge in [0.05, 0.1) is 5.75 Å². The fourth-order valence-corrected chi connectivity index (χ4v) is 5.91. The monoisotopic (exact) mass is 483 g/mol. The lowest BCUT2D eigenvalue weighted by Crippen LogP contribution is -2.32. The molecule has 1 amide bonds. The Labute approximate surface area is 191 Å². The first kappa shape index (κ1) is 23.1. The van der Waals surface area contributed by atoms with E-state index in [0.29, 0.717) is 28.5 Å². The van der Waals surface area contributed by atoms with Gasteiger partial charge in [0, 0.05) is 31.6 Å². The molecule has 0 aliphatic carbocycles. The number of thiophene rings is 1. The minimum atomic E-state index is -3.64. The minimum absolute atomic E-state index is 0.0489. The summed E-state index contributed by atoms with van der Waals surface area (Å²) in [5.41, 5.74) is 2.33. The molecule has 0 saturated heterocycles. The number of amides is 1. The number of hydrogen-bond acceptors (Lipinski definition) is 4. The topological polar surface area (TPSA) is 63.2 Å². The molecule has 0 saturated carbocycles. The maximum absolute atomic E-state index is 12.6.